The van der Waals surface area contributed by atoms with Crippen LogP contribution in [0, 0.1) is 0 Å². The van der Waals surface area contributed by atoms with Crippen LogP contribution in [-0.4, -0.2) is 73.4 Å². The first-order chi connectivity index (χ1) is 16.4. The van der Waals surface area contributed by atoms with Crippen molar-refractivity contribution in [2.45, 2.75) is 44.7 Å². The Morgan fingerprint density at radius 1 is 1.12 bits per heavy atom. The van der Waals surface area contributed by atoms with Crippen LogP contribution in [0.1, 0.15) is 37.7 Å². The number of carbonyl (C=O) groups excluding carboxylic acids is 1. The number of sulfone groups is 1. The van der Waals surface area contributed by atoms with Crippen molar-refractivity contribution in [1.82, 2.24) is 14.9 Å². The van der Waals surface area contributed by atoms with Gasteiger partial charge in [-0.2, -0.15) is 4.98 Å². The number of hydrogen-bond acceptors (Lipinski definition) is 8. The molecule has 2 aliphatic heterocycles. The van der Waals surface area contributed by atoms with E-state index in [0.717, 1.165) is 35.6 Å². The van der Waals surface area contributed by atoms with E-state index in [9.17, 15) is 13.2 Å². The van der Waals surface area contributed by atoms with Crippen molar-refractivity contribution < 1.29 is 13.2 Å². The molecule has 0 bridgehead atoms. The lowest BCUT2D eigenvalue weighted by molar-refractivity contribution is -0.118. The molecule has 9 nitrogen and oxygen atoms in total. The summed E-state index contributed by atoms with van der Waals surface area (Å²) < 4.78 is 23.4. The number of amides is 1. The maximum absolute atomic E-state index is 12.5. The van der Waals surface area contributed by atoms with Gasteiger partial charge in [-0.1, -0.05) is 25.0 Å². The molecule has 3 heterocycles. The lowest BCUT2D eigenvalue weighted by atomic mass is 10.2. The van der Waals surface area contributed by atoms with Gasteiger partial charge in [-0.3, -0.25) is 9.69 Å². The third-order valence-corrected chi connectivity index (χ3v) is 8.73. The molecule has 1 amide bonds. The van der Waals surface area contributed by atoms with E-state index in [4.69, 9.17) is 4.98 Å². The minimum absolute atomic E-state index is 0.0873. The van der Waals surface area contributed by atoms with Gasteiger partial charge in [0, 0.05) is 51.4 Å². The summed E-state index contributed by atoms with van der Waals surface area (Å²) in [7, 11) is -1.09. The molecule has 34 heavy (non-hydrogen) atoms. The van der Waals surface area contributed by atoms with Crippen LogP contribution in [-0.2, 0) is 21.2 Å². The summed E-state index contributed by atoms with van der Waals surface area (Å²) in [4.78, 5) is 28.1. The molecule has 1 aliphatic carbocycles. The van der Waals surface area contributed by atoms with E-state index in [1.54, 1.807) is 18.1 Å². The number of benzene rings is 1. The highest BCUT2D eigenvalue weighted by Crippen LogP contribution is 2.36. The quantitative estimate of drug-likeness (QED) is 0.692. The Kier molecular flexibility index (Phi) is 6.44. The topological polar surface area (TPSA) is 98.7 Å². The number of hydrogen-bond donors (Lipinski definition) is 1. The van der Waals surface area contributed by atoms with Gasteiger partial charge in [0.2, 0.25) is 11.9 Å². The molecule has 10 heteroatoms. The molecule has 1 saturated heterocycles. The van der Waals surface area contributed by atoms with Crippen LogP contribution in [0.5, 0.6) is 0 Å². The van der Waals surface area contributed by atoms with E-state index in [1.807, 2.05) is 12.1 Å². The van der Waals surface area contributed by atoms with Gasteiger partial charge in [-0.25, -0.2) is 13.4 Å². The number of rotatable bonds is 5. The zero-order valence-corrected chi connectivity index (χ0v) is 20.4. The molecule has 0 unspecified atom stereocenters. The summed E-state index contributed by atoms with van der Waals surface area (Å²) >= 11 is 0. The number of carbonyl (C=O) groups is 1. The minimum Gasteiger partial charge on any atom is -0.351 e. The van der Waals surface area contributed by atoms with Crippen LogP contribution in [0.25, 0.3) is 0 Å². The summed E-state index contributed by atoms with van der Waals surface area (Å²) in [5, 5.41) is 3.34. The van der Waals surface area contributed by atoms with Gasteiger partial charge in [-0.05, 0) is 30.5 Å². The summed E-state index contributed by atoms with van der Waals surface area (Å²) in [6, 6.07) is 8.48. The molecule has 0 radical (unpaired) electrons. The number of nitrogens with zero attached hydrogens (tertiary/aromatic N) is 5. The van der Waals surface area contributed by atoms with Crippen molar-refractivity contribution in [2.24, 2.45) is 0 Å². The van der Waals surface area contributed by atoms with Crippen LogP contribution in [0.15, 0.2) is 30.5 Å². The molecular formula is C24H32N6O3S. The van der Waals surface area contributed by atoms with Gasteiger partial charge in [0.25, 0.3) is 0 Å². The lowest BCUT2D eigenvalue weighted by Gasteiger charge is -2.30. The van der Waals surface area contributed by atoms with Crippen LogP contribution >= 0.6 is 0 Å². The van der Waals surface area contributed by atoms with Crippen LogP contribution in [0.2, 0.25) is 0 Å². The van der Waals surface area contributed by atoms with Crippen molar-refractivity contribution in [3.63, 3.8) is 0 Å². The van der Waals surface area contributed by atoms with Crippen LogP contribution in [0.3, 0.4) is 0 Å². The zero-order valence-electron chi connectivity index (χ0n) is 19.6. The summed E-state index contributed by atoms with van der Waals surface area (Å²) in [5.74, 6) is 1.86. The van der Waals surface area contributed by atoms with Gasteiger partial charge in [0.05, 0.1) is 17.7 Å². The Hall–Kier alpha value is -2.72. The molecule has 2 aromatic rings. The van der Waals surface area contributed by atoms with E-state index >= 15 is 0 Å². The largest absolute Gasteiger partial charge is 0.351 e. The van der Waals surface area contributed by atoms with Crippen molar-refractivity contribution in [3.05, 3.63) is 36.0 Å². The monoisotopic (exact) mass is 484 g/mol. The Labute approximate surface area is 201 Å². The third-order valence-electron chi connectivity index (χ3n) is 7.12. The van der Waals surface area contributed by atoms with Crippen molar-refractivity contribution in [3.8, 4) is 0 Å². The van der Waals surface area contributed by atoms with Gasteiger partial charge >= 0.3 is 0 Å². The maximum Gasteiger partial charge on any atom is 0.229 e. The third kappa shape index (κ3) is 5.02. The Morgan fingerprint density at radius 3 is 2.65 bits per heavy atom. The fraction of sp³-hybridized carbons (Fsp3) is 0.542. The summed E-state index contributed by atoms with van der Waals surface area (Å²) in [5.41, 5.74) is 2.75. The first-order valence-electron chi connectivity index (χ1n) is 12.1. The fourth-order valence-electron chi connectivity index (χ4n) is 5.11. The standard InChI is InChI=1S/C24H32N6O3S/c1-28-21-16-25-24(27-23(21)30(10-9-22(28)31)20-7-2-3-8-20)26-19-6-4-5-18(15-19)17-29-11-13-34(32,33)14-12-29/h4-6,15-16,20H,2-3,7-14,17H2,1H3,(H,25,26,27). The molecule has 1 aromatic carbocycles. The molecule has 1 saturated carbocycles. The van der Waals surface area contributed by atoms with Gasteiger partial charge in [-0.15, -0.1) is 0 Å². The highest BCUT2D eigenvalue weighted by Gasteiger charge is 2.31. The Balaban J connectivity index is 1.35. The molecule has 1 N–H and O–H groups in total. The predicted molar refractivity (Wildman–Crippen MR) is 133 cm³/mol. The predicted octanol–water partition coefficient (Wildman–Crippen LogP) is 2.57. The number of nitrogens with one attached hydrogen (secondary N) is 1. The molecule has 0 atom stereocenters. The van der Waals surface area contributed by atoms with Gasteiger partial charge in [0.1, 0.15) is 5.69 Å². The Bertz CT molecular complexity index is 1150. The molecule has 0 spiro atoms. The second-order valence-corrected chi connectivity index (χ2v) is 11.8. The zero-order chi connectivity index (χ0) is 23.7. The van der Waals surface area contributed by atoms with Crippen LogP contribution < -0.4 is 15.1 Å². The maximum atomic E-state index is 12.5. The van der Waals surface area contributed by atoms with Crippen molar-refractivity contribution in [1.29, 1.82) is 0 Å². The van der Waals surface area contributed by atoms with Crippen molar-refractivity contribution >= 4 is 38.9 Å². The van der Waals surface area contributed by atoms with Gasteiger partial charge in [0.15, 0.2) is 15.7 Å². The van der Waals surface area contributed by atoms with Crippen molar-refractivity contribution in [2.75, 3.05) is 53.3 Å². The average molecular weight is 485 g/mol. The van der Waals surface area contributed by atoms with Crippen LogP contribution in [0.4, 0.5) is 23.1 Å². The summed E-state index contributed by atoms with van der Waals surface area (Å²) in [6.45, 7) is 2.52. The molecule has 2 fully saturated rings. The van der Waals surface area contributed by atoms with E-state index in [2.05, 4.69) is 32.2 Å². The lowest BCUT2D eigenvalue weighted by Crippen LogP contribution is -2.39. The first kappa shape index (κ1) is 23.0. The molecule has 3 aliphatic rings. The second-order valence-electron chi connectivity index (χ2n) is 9.49. The number of anilines is 4. The normalized spacial score (nSPS) is 21.4. The molecule has 1 aromatic heterocycles. The minimum atomic E-state index is -2.88. The highest BCUT2D eigenvalue weighted by atomic mass is 32.2. The molecule has 5 rings (SSSR count). The highest BCUT2D eigenvalue weighted by molar-refractivity contribution is 7.91. The summed E-state index contributed by atoms with van der Waals surface area (Å²) in [6.07, 6.45) is 6.91. The molecular weight excluding hydrogens is 452 g/mol. The van der Waals surface area contributed by atoms with Gasteiger partial charge < -0.3 is 15.1 Å². The first-order valence-corrected chi connectivity index (χ1v) is 13.9. The van der Waals surface area contributed by atoms with E-state index in [1.165, 1.54) is 12.8 Å². The SMILES string of the molecule is CN1C(=O)CCN(C2CCCC2)c2nc(Nc3cccc(CN4CCS(=O)(=O)CC4)c3)ncc21. The average Bonchev–Trinajstić information content (AvgIpc) is 3.31. The Morgan fingerprint density at radius 2 is 1.88 bits per heavy atom. The number of aromatic nitrogens is 2. The fourth-order valence-corrected chi connectivity index (χ4v) is 6.39. The second kappa shape index (κ2) is 9.50. The van der Waals surface area contributed by atoms with E-state index < -0.39 is 9.84 Å². The van der Waals surface area contributed by atoms with E-state index in [-0.39, 0.29) is 17.4 Å². The number of fused-ring (bicyclic) bond motifs is 1. The smallest absolute Gasteiger partial charge is 0.229 e. The van der Waals surface area contributed by atoms with E-state index in [0.29, 0.717) is 44.6 Å². The molecule has 182 valence electrons.